The van der Waals surface area contributed by atoms with Gasteiger partial charge in [-0.25, -0.2) is 0 Å². The van der Waals surface area contributed by atoms with Crippen LogP contribution >= 0.6 is 0 Å². The molecule has 0 radical (unpaired) electrons. The normalized spacial score (nSPS) is 20.7. The van der Waals surface area contributed by atoms with Gasteiger partial charge in [0.15, 0.2) is 0 Å². The number of benzene rings is 1. The number of aliphatic hydroxyl groups excluding tert-OH is 1. The van der Waals surface area contributed by atoms with Gasteiger partial charge < -0.3 is 56.6 Å². The van der Waals surface area contributed by atoms with Crippen LogP contribution in [0.15, 0.2) is 30.3 Å². The molecule has 308 valence electrons. The van der Waals surface area contributed by atoms with Crippen molar-refractivity contribution in [3.05, 3.63) is 35.9 Å². The lowest BCUT2D eigenvalue weighted by Crippen LogP contribution is -2.55. The average Bonchev–Trinajstić information content (AvgIpc) is 3.19. The van der Waals surface area contributed by atoms with Gasteiger partial charge in [0.25, 0.3) is 0 Å². The summed E-state index contributed by atoms with van der Waals surface area (Å²) >= 11 is 0. The van der Waals surface area contributed by atoms with Gasteiger partial charge in [0.1, 0.15) is 18.8 Å². The molecule has 21 nitrogen and oxygen atoms in total. The Balaban J connectivity index is 2.21. The third kappa shape index (κ3) is 15.7. The summed E-state index contributed by atoms with van der Waals surface area (Å²) < 4.78 is 0. The summed E-state index contributed by atoms with van der Waals surface area (Å²) in [7, 11) is 5.29. The molecular formula is C35H52N10O11. The first-order chi connectivity index (χ1) is 26.6. The lowest BCUT2D eigenvalue weighted by molar-refractivity contribution is -0.145. The van der Waals surface area contributed by atoms with Crippen LogP contribution in [-0.2, 0) is 54.4 Å². The molecule has 10 amide bonds. The van der Waals surface area contributed by atoms with Gasteiger partial charge in [-0.2, -0.15) is 0 Å². The zero-order chi connectivity index (χ0) is 41.8. The molecule has 1 aliphatic heterocycles. The number of hydrogen-bond acceptors (Lipinski definition) is 11. The fraction of sp³-hybridized carbons (Fsp3) is 0.543. The van der Waals surface area contributed by atoms with E-state index in [4.69, 9.17) is 0 Å². The van der Waals surface area contributed by atoms with Crippen molar-refractivity contribution in [2.24, 2.45) is 0 Å². The van der Waals surface area contributed by atoms with Crippen molar-refractivity contribution in [3.8, 4) is 0 Å². The second kappa shape index (κ2) is 23.6. The summed E-state index contributed by atoms with van der Waals surface area (Å²) in [6, 6.07) is 6.84. The van der Waals surface area contributed by atoms with Crippen molar-refractivity contribution in [1.82, 2.24) is 51.5 Å². The maximum Gasteiger partial charge on any atom is 0.245 e. The first-order valence-corrected chi connectivity index (χ1v) is 17.8. The van der Waals surface area contributed by atoms with Crippen molar-refractivity contribution in [3.63, 3.8) is 0 Å². The molecule has 0 aromatic heterocycles. The van der Waals surface area contributed by atoms with Gasteiger partial charge in [-0.15, -0.1) is 0 Å². The van der Waals surface area contributed by atoms with E-state index in [9.17, 15) is 53.1 Å². The number of aliphatic hydroxyl groups is 1. The van der Waals surface area contributed by atoms with Crippen LogP contribution in [0.2, 0.25) is 0 Å². The molecule has 1 aromatic rings. The molecule has 2 atom stereocenters. The van der Waals surface area contributed by atoms with Crippen LogP contribution in [0.4, 0.5) is 0 Å². The summed E-state index contributed by atoms with van der Waals surface area (Å²) in [6.07, 6.45) is 0.146. The Hall–Kier alpha value is -6.12. The van der Waals surface area contributed by atoms with E-state index in [-0.39, 0.29) is 25.7 Å². The smallest absolute Gasteiger partial charge is 0.245 e. The van der Waals surface area contributed by atoms with E-state index in [1.54, 1.807) is 0 Å². The molecule has 2 rings (SSSR count). The molecule has 1 saturated heterocycles. The minimum atomic E-state index is -1.29. The SMILES string of the molecule is CNC(=O)C1CN(CO)C(=O)CCCC(=O)NCC(=O)NCC(=O)N(C)C(CCc2ccccc2)C(=O)N(C)CC(=O)NCC(=O)NCC(=O)NCC(=O)N1C. The van der Waals surface area contributed by atoms with Gasteiger partial charge in [0.2, 0.25) is 59.1 Å². The number of nitrogens with one attached hydrogen (secondary N) is 6. The summed E-state index contributed by atoms with van der Waals surface area (Å²) in [6.45, 7) is -4.45. The summed E-state index contributed by atoms with van der Waals surface area (Å²) in [4.78, 5) is 132. The van der Waals surface area contributed by atoms with E-state index in [0.717, 1.165) is 25.2 Å². The second-order valence-electron chi connectivity index (χ2n) is 12.9. The zero-order valence-electron chi connectivity index (χ0n) is 32.1. The highest BCUT2D eigenvalue weighted by molar-refractivity contribution is 5.94. The fourth-order valence-electron chi connectivity index (χ4n) is 5.35. The van der Waals surface area contributed by atoms with Crippen LogP contribution in [-0.4, -0.2) is 177 Å². The molecule has 56 heavy (non-hydrogen) atoms. The van der Waals surface area contributed by atoms with Crippen LogP contribution in [0, 0.1) is 0 Å². The van der Waals surface area contributed by atoms with Gasteiger partial charge in [0.05, 0.1) is 45.8 Å². The largest absolute Gasteiger partial charge is 0.376 e. The van der Waals surface area contributed by atoms with Gasteiger partial charge in [-0.1, -0.05) is 30.3 Å². The van der Waals surface area contributed by atoms with E-state index >= 15 is 0 Å². The van der Waals surface area contributed by atoms with Crippen molar-refractivity contribution < 1.29 is 53.1 Å². The predicted octanol–water partition coefficient (Wildman–Crippen LogP) is -4.98. The number of carbonyl (C=O) groups excluding carboxylic acids is 10. The Bertz CT molecular complexity index is 1590. The van der Waals surface area contributed by atoms with E-state index in [1.807, 2.05) is 30.3 Å². The highest BCUT2D eigenvalue weighted by Crippen LogP contribution is 2.12. The first-order valence-electron chi connectivity index (χ1n) is 17.8. The number of rotatable bonds is 5. The van der Waals surface area contributed by atoms with Crippen LogP contribution in [0.3, 0.4) is 0 Å². The minimum absolute atomic E-state index is 0.00253. The minimum Gasteiger partial charge on any atom is -0.376 e. The molecular weight excluding hydrogens is 736 g/mol. The summed E-state index contributed by atoms with van der Waals surface area (Å²) in [5.74, 6) is -6.81. The Morgan fingerprint density at radius 2 is 1.21 bits per heavy atom. The lowest BCUT2D eigenvalue weighted by Gasteiger charge is -2.31. The molecule has 1 heterocycles. The van der Waals surface area contributed by atoms with E-state index < -0.39 is 124 Å². The predicted molar refractivity (Wildman–Crippen MR) is 197 cm³/mol. The third-order valence-corrected chi connectivity index (χ3v) is 8.79. The maximum atomic E-state index is 13.6. The topological polar surface area (TPSA) is 276 Å². The zero-order valence-corrected chi connectivity index (χ0v) is 32.1. The summed E-state index contributed by atoms with van der Waals surface area (Å²) in [5.41, 5.74) is 0.891. The average molecular weight is 789 g/mol. The van der Waals surface area contributed by atoms with Crippen molar-refractivity contribution >= 4 is 59.1 Å². The van der Waals surface area contributed by atoms with E-state index in [1.165, 1.54) is 28.2 Å². The summed E-state index contributed by atoms with van der Waals surface area (Å²) in [5, 5.41) is 24.0. The van der Waals surface area contributed by atoms with Gasteiger partial charge >= 0.3 is 0 Å². The highest BCUT2D eigenvalue weighted by atomic mass is 16.3. The number of carbonyl (C=O) groups is 10. The monoisotopic (exact) mass is 788 g/mol. The van der Waals surface area contributed by atoms with E-state index in [0.29, 0.717) is 6.42 Å². The van der Waals surface area contributed by atoms with Crippen LogP contribution in [0.1, 0.15) is 31.2 Å². The van der Waals surface area contributed by atoms with Gasteiger partial charge in [-0.3, -0.25) is 47.9 Å². The molecule has 21 heteroatoms. The Kier molecular flexibility index (Phi) is 19.4. The van der Waals surface area contributed by atoms with Gasteiger partial charge in [0, 0.05) is 41.0 Å². The van der Waals surface area contributed by atoms with Crippen molar-refractivity contribution in [2.75, 3.05) is 80.7 Å². The number of hydrogen-bond donors (Lipinski definition) is 7. The van der Waals surface area contributed by atoms with Crippen molar-refractivity contribution in [2.45, 2.75) is 44.2 Å². The first kappa shape index (κ1) is 46.0. The highest BCUT2D eigenvalue weighted by Gasteiger charge is 2.32. The fourth-order valence-corrected chi connectivity index (χ4v) is 5.35. The molecule has 0 saturated carbocycles. The molecule has 0 spiro atoms. The quantitative estimate of drug-likeness (QED) is 0.148. The molecule has 2 unspecified atom stereocenters. The van der Waals surface area contributed by atoms with E-state index in [2.05, 4.69) is 31.9 Å². The van der Waals surface area contributed by atoms with Crippen LogP contribution < -0.4 is 31.9 Å². The van der Waals surface area contributed by atoms with Crippen LogP contribution in [0.5, 0.6) is 0 Å². The Morgan fingerprint density at radius 3 is 1.77 bits per heavy atom. The lowest BCUT2D eigenvalue weighted by atomic mass is 10.0. The Morgan fingerprint density at radius 1 is 0.696 bits per heavy atom. The molecule has 0 bridgehead atoms. The molecule has 0 aliphatic carbocycles. The van der Waals surface area contributed by atoms with Gasteiger partial charge in [-0.05, 0) is 24.8 Å². The second-order valence-corrected chi connectivity index (χ2v) is 12.9. The van der Waals surface area contributed by atoms with Crippen molar-refractivity contribution in [1.29, 1.82) is 0 Å². The molecule has 1 aromatic carbocycles. The molecule has 1 aliphatic rings. The molecule has 1 fully saturated rings. The number of aryl methyl sites for hydroxylation is 1. The van der Waals surface area contributed by atoms with Crippen LogP contribution in [0.25, 0.3) is 0 Å². The molecule has 7 N–H and O–H groups in total. The third-order valence-electron chi connectivity index (χ3n) is 8.79. The number of likely N-dealkylation sites (N-methyl/N-ethyl adjacent to an activating group) is 4. The Labute approximate surface area is 324 Å². The standard InChI is InChI=1S/C35H52N10O11/c1-36-34(55)25-20-45(22-46)31(52)12-8-11-26(47)37-15-28(49)40-18-32(53)43(3)24(14-13-23-9-6-5-7-10-23)35(56)42(2)21-30(51)39-17-27(48)38-16-29(50)41-19-33(54)44(25)4/h5-7,9-10,24-25,46H,8,11-22H2,1-4H3,(H,36,55)(H,37,47)(H,38,48)(H,39,51)(H,40,49)(H,41,50). The number of amides is 10. The maximum absolute atomic E-state index is 13.6. The number of nitrogens with zero attached hydrogens (tertiary/aromatic N) is 4.